The van der Waals surface area contributed by atoms with Gasteiger partial charge in [0, 0.05) is 75.5 Å². The molecular formula is C71H60BN2OS. The van der Waals surface area contributed by atoms with Gasteiger partial charge in [0.2, 0.25) is 0 Å². The van der Waals surface area contributed by atoms with Crippen LogP contribution in [-0.2, 0) is 21.7 Å². The van der Waals surface area contributed by atoms with E-state index in [0.29, 0.717) is 0 Å². The van der Waals surface area contributed by atoms with Gasteiger partial charge in [-0.25, -0.2) is 0 Å². The first-order valence-electron chi connectivity index (χ1n) is 27.3. The molecule has 1 aliphatic heterocycles. The molecular weight excluding hydrogens is 940 g/mol. The highest BCUT2D eigenvalue weighted by Crippen LogP contribution is 2.56. The zero-order valence-corrected chi connectivity index (χ0v) is 45.7. The second-order valence-electron chi connectivity index (χ2n) is 25.0. The first-order chi connectivity index (χ1) is 36.5. The summed E-state index contributed by atoms with van der Waals surface area (Å²) < 4.78 is 12.5. The lowest BCUT2D eigenvalue weighted by atomic mass is 9.58. The molecule has 5 heteroatoms. The number of furan rings is 1. The van der Waals surface area contributed by atoms with Crippen molar-refractivity contribution in [2.45, 2.75) is 96.8 Å². The molecule has 3 nitrogen and oxygen atoms in total. The van der Waals surface area contributed by atoms with Crippen LogP contribution in [0.2, 0.25) is 0 Å². The van der Waals surface area contributed by atoms with Crippen molar-refractivity contribution >= 4 is 93.9 Å². The molecule has 9 aromatic carbocycles. The minimum Gasteiger partial charge on any atom is -0.455 e. The molecule has 1 radical (unpaired) electrons. The Kier molecular flexibility index (Phi) is 9.48. The van der Waals surface area contributed by atoms with Crippen LogP contribution in [0.5, 0.6) is 0 Å². The van der Waals surface area contributed by atoms with Gasteiger partial charge in [0.1, 0.15) is 11.3 Å². The van der Waals surface area contributed by atoms with Crippen molar-refractivity contribution in [3.8, 4) is 50.4 Å². The third kappa shape index (κ3) is 6.48. The van der Waals surface area contributed by atoms with Gasteiger partial charge in [-0.05, 0) is 139 Å². The Morgan fingerprint density at radius 2 is 1.24 bits per heavy atom. The lowest BCUT2D eigenvalue weighted by molar-refractivity contribution is 0.332. The Bertz CT molecular complexity index is 4440. The van der Waals surface area contributed by atoms with Crippen LogP contribution in [-0.4, -0.2) is 11.8 Å². The lowest BCUT2D eigenvalue weighted by Crippen LogP contribution is -2.37. The van der Waals surface area contributed by atoms with Crippen molar-refractivity contribution in [1.82, 2.24) is 4.57 Å². The molecule has 4 heterocycles. The van der Waals surface area contributed by atoms with Crippen molar-refractivity contribution < 1.29 is 4.42 Å². The molecule has 1 N–H and O–H groups in total. The highest BCUT2D eigenvalue weighted by molar-refractivity contribution is 7.27. The molecule has 0 unspecified atom stereocenters. The maximum atomic E-state index is 7.17. The van der Waals surface area contributed by atoms with E-state index in [0.717, 1.165) is 63.1 Å². The molecule has 3 aliphatic rings. The average Bonchev–Trinajstić information content (AvgIpc) is 4.14. The summed E-state index contributed by atoms with van der Waals surface area (Å²) in [6.45, 7) is 21.5. The third-order valence-corrected chi connectivity index (χ3v) is 19.2. The topological polar surface area (TPSA) is 30.1 Å². The second-order valence-corrected chi connectivity index (χ2v) is 26.0. The van der Waals surface area contributed by atoms with Gasteiger partial charge >= 0.3 is 0 Å². The monoisotopic (exact) mass is 999 g/mol. The summed E-state index contributed by atoms with van der Waals surface area (Å²) in [4.78, 5) is 0. The normalized spacial score (nSPS) is 15.8. The molecule has 0 spiro atoms. The van der Waals surface area contributed by atoms with E-state index in [-0.39, 0.29) is 21.7 Å². The van der Waals surface area contributed by atoms with Gasteiger partial charge in [-0.1, -0.05) is 183 Å². The number of nitrogens with zero attached hydrogens (tertiary/aromatic N) is 1. The van der Waals surface area contributed by atoms with Crippen LogP contribution in [0.4, 0.5) is 11.4 Å². The number of nitrogens with one attached hydrogen (secondary N) is 1. The maximum absolute atomic E-state index is 7.17. The van der Waals surface area contributed by atoms with Gasteiger partial charge in [0.05, 0.1) is 11.0 Å². The predicted octanol–water partition coefficient (Wildman–Crippen LogP) is 18.6. The van der Waals surface area contributed by atoms with Crippen molar-refractivity contribution in [3.63, 3.8) is 0 Å². The molecule has 15 rings (SSSR count). The second kappa shape index (κ2) is 15.7. The number of thiophene rings is 1. The Morgan fingerprint density at radius 1 is 0.566 bits per heavy atom. The summed E-state index contributed by atoms with van der Waals surface area (Å²) in [6, 6.07) is 63.9. The molecule has 0 saturated heterocycles. The van der Waals surface area contributed by atoms with E-state index in [9.17, 15) is 0 Å². The minimum atomic E-state index is -0.191. The molecule has 2 aliphatic carbocycles. The average molecular weight is 1000 g/mol. The summed E-state index contributed by atoms with van der Waals surface area (Å²) in [6.07, 6.45) is 2.29. The van der Waals surface area contributed by atoms with E-state index in [4.69, 9.17) is 4.42 Å². The minimum absolute atomic E-state index is 0.0139. The van der Waals surface area contributed by atoms with E-state index in [1.807, 2.05) is 11.3 Å². The van der Waals surface area contributed by atoms with Gasteiger partial charge in [0.15, 0.2) is 7.28 Å². The fraction of sp³-hybridized carbons (Fsp3) is 0.211. The van der Waals surface area contributed by atoms with Crippen molar-refractivity contribution in [2.75, 3.05) is 5.32 Å². The van der Waals surface area contributed by atoms with E-state index < -0.39 is 0 Å². The molecule has 3 aromatic heterocycles. The summed E-state index contributed by atoms with van der Waals surface area (Å²) in [5, 5.41) is 10.5. The molecule has 76 heavy (non-hydrogen) atoms. The Morgan fingerprint density at radius 3 is 1.97 bits per heavy atom. The highest BCUT2D eigenvalue weighted by Gasteiger charge is 2.41. The first kappa shape index (κ1) is 45.8. The number of hydrogen-bond acceptors (Lipinski definition) is 3. The fourth-order valence-corrected chi connectivity index (χ4v) is 15.1. The van der Waals surface area contributed by atoms with Gasteiger partial charge in [-0.2, -0.15) is 0 Å². The van der Waals surface area contributed by atoms with Crippen LogP contribution >= 0.6 is 11.3 Å². The summed E-state index contributed by atoms with van der Waals surface area (Å²) in [5.41, 5.74) is 24.4. The molecule has 12 aromatic rings. The molecule has 0 fully saturated rings. The molecule has 0 saturated carbocycles. The van der Waals surface area contributed by atoms with Gasteiger partial charge in [-0.3, -0.25) is 0 Å². The van der Waals surface area contributed by atoms with Gasteiger partial charge < -0.3 is 14.3 Å². The van der Waals surface area contributed by atoms with Crippen LogP contribution in [0.25, 0.3) is 103 Å². The maximum Gasteiger partial charge on any atom is 0.198 e. The predicted molar refractivity (Wildman–Crippen MR) is 326 cm³/mol. The van der Waals surface area contributed by atoms with Crippen LogP contribution in [0.1, 0.15) is 103 Å². The standard InChI is InChI=1S/C71H60BN2OS/c1-68(2,3)42-28-30-43(31-29-42)73-55-37-51-46(44-24-16-18-26-50(44)71(51,8)9)34-47(55)61-62-45-25-17-19-27-59(45)76-67(62)63-48-35-52-53(70(6,7)33-32-69(52,4)5)38-56(48)74-57-36-49-58(39-54(57)72-64(61)65(63)74)75-66(41-22-14-11-15-23-41)60(49)40-20-12-10-13-21-40/h10-31,34-39,73H,32-33H2,1-9H3. The third-order valence-electron chi connectivity index (χ3n) is 18.0. The van der Waals surface area contributed by atoms with Crippen molar-refractivity contribution in [3.05, 3.63) is 198 Å². The Hall–Kier alpha value is -7.60. The van der Waals surface area contributed by atoms with Gasteiger partial charge in [-0.15, -0.1) is 11.3 Å². The van der Waals surface area contributed by atoms with E-state index >= 15 is 0 Å². The summed E-state index contributed by atoms with van der Waals surface area (Å²) >= 11 is 1.96. The smallest absolute Gasteiger partial charge is 0.198 e. The number of aromatic nitrogens is 1. The highest BCUT2D eigenvalue weighted by atomic mass is 32.1. The lowest BCUT2D eigenvalue weighted by Gasteiger charge is -2.42. The number of rotatable bonds is 5. The van der Waals surface area contributed by atoms with E-state index in [2.05, 4.69) is 249 Å². The van der Waals surface area contributed by atoms with Crippen LogP contribution in [0.15, 0.2) is 174 Å². The Labute approximate surface area is 450 Å². The molecule has 0 bridgehead atoms. The molecule has 0 atom stereocenters. The van der Waals surface area contributed by atoms with E-state index in [1.54, 1.807) is 0 Å². The Balaban J connectivity index is 1.11. The van der Waals surface area contributed by atoms with Crippen molar-refractivity contribution in [2.24, 2.45) is 0 Å². The summed E-state index contributed by atoms with van der Waals surface area (Å²) in [7, 11) is 2.52. The fourth-order valence-electron chi connectivity index (χ4n) is 13.8. The quantitative estimate of drug-likeness (QED) is 0.174. The zero-order valence-electron chi connectivity index (χ0n) is 44.9. The number of benzene rings is 9. The van der Waals surface area contributed by atoms with Crippen LogP contribution < -0.4 is 16.2 Å². The van der Waals surface area contributed by atoms with Crippen molar-refractivity contribution in [1.29, 1.82) is 0 Å². The molecule has 0 amide bonds. The van der Waals surface area contributed by atoms with Crippen LogP contribution in [0.3, 0.4) is 0 Å². The zero-order chi connectivity index (χ0) is 51.8. The van der Waals surface area contributed by atoms with Crippen LogP contribution in [0, 0.1) is 0 Å². The summed E-state index contributed by atoms with van der Waals surface area (Å²) in [5.74, 6) is 0.891. The number of anilines is 2. The first-order valence-corrected chi connectivity index (χ1v) is 28.1. The largest absolute Gasteiger partial charge is 0.455 e. The molecule has 369 valence electrons. The van der Waals surface area contributed by atoms with E-state index in [1.165, 1.54) is 103 Å². The van der Waals surface area contributed by atoms with Gasteiger partial charge in [0.25, 0.3) is 0 Å². The number of hydrogen-bond donors (Lipinski definition) is 1. The SMILES string of the molecule is CC(C)(C)c1ccc(Nc2cc3c(cc2-c2c4c5c(c6cc7c(cc6n5-c5cc6c(-c8ccccc8)c(-c8ccccc8)oc6cc5[B]4)C(C)(C)CCC7(C)C)c4sc5ccccc5c24)-c2ccccc2C3(C)C)cc1. The number of fused-ring (bicyclic) bond motifs is 14.